The molecule has 9 aromatic rings. The van der Waals surface area contributed by atoms with E-state index < -0.39 is 0 Å². The van der Waals surface area contributed by atoms with Crippen LogP contribution in [0.5, 0.6) is 0 Å². The van der Waals surface area contributed by atoms with Crippen molar-refractivity contribution in [3.63, 3.8) is 0 Å². The molecule has 9 rings (SSSR count). The van der Waals surface area contributed by atoms with Gasteiger partial charge in [0.05, 0.1) is 0 Å². The van der Waals surface area contributed by atoms with Crippen molar-refractivity contribution in [1.29, 1.82) is 0 Å². The molecule has 1 aromatic heterocycles. The van der Waals surface area contributed by atoms with Crippen molar-refractivity contribution >= 4 is 91.7 Å². The molecule has 0 radical (unpaired) electrons. The summed E-state index contributed by atoms with van der Waals surface area (Å²) in [4.78, 5) is 2.40. The van der Waals surface area contributed by atoms with E-state index in [1.165, 1.54) is 63.3 Å². The van der Waals surface area contributed by atoms with Gasteiger partial charge in [0, 0.05) is 37.2 Å². The summed E-state index contributed by atoms with van der Waals surface area (Å²) in [5, 5.41) is 12.9. The van der Waals surface area contributed by atoms with Gasteiger partial charge in [-0.1, -0.05) is 97.1 Å². The first-order chi connectivity index (χ1) is 20.8. The summed E-state index contributed by atoms with van der Waals surface area (Å²) >= 11 is 1.87. The number of nitrogens with zero attached hydrogens (tertiary/aromatic N) is 1. The van der Waals surface area contributed by atoms with Gasteiger partial charge >= 0.3 is 0 Å². The smallest absolute Gasteiger partial charge is 0.0468 e. The summed E-state index contributed by atoms with van der Waals surface area (Å²) in [6.07, 6.45) is 0. The van der Waals surface area contributed by atoms with Crippen LogP contribution in [0, 0.1) is 0 Å². The lowest BCUT2D eigenvalue weighted by atomic mass is 9.96. The lowest BCUT2D eigenvalue weighted by Gasteiger charge is -2.26. The van der Waals surface area contributed by atoms with Crippen LogP contribution in [0.1, 0.15) is 0 Å². The summed E-state index contributed by atoms with van der Waals surface area (Å²) in [5.74, 6) is 0. The van der Waals surface area contributed by atoms with Gasteiger partial charge in [-0.25, -0.2) is 0 Å². The molecule has 0 amide bonds. The lowest BCUT2D eigenvalue weighted by molar-refractivity contribution is 1.30. The molecular formula is C40H25NS. The monoisotopic (exact) mass is 551 g/mol. The van der Waals surface area contributed by atoms with Gasteiger partial charge in [0.25, 0.3) is 0 Å². The van der Waals surface area contributed by atoms with Crippen molar-refractivity contribution in [1.82, 2.24) is 0 Å². The van der Waals surface area contributed by atoms with E-state index in [4.69, 9.17) is 0 Å². The Labute approximate surface area is 247 Å². The van der Waals surface area contributed by atoms with E-state index in [0.29, 0.717) is 0 Å². The highest BCUT2D eigenvalue weighted by Gasteiger charge is 2.16. The molecule has 1 heterocycles. The molecule has 0 saturated heterocycles. The number of thiophene rings is 1. The second kappa shape index (κ2) is 9.17. The molecule has 0 spiro atoms. The molecule has 0 aliphatic carbocycles. The number of fused-ring (bicyclic) bond motifs is 9. The van der Waals surface area contributed by atoms with Gasteiger partial charge in [-0.2, -0.15) is 0 Å². The summed E-state index contributed by atoms with van der Waals surface area (Å²) in [6, 6.07) is 55.6. The first kappa shape index (κ1) is 23.5. The molecule has 2 heteroatoms. The zero-order valence-electron chi connectivity index (χ0n) is 22.8. The molecule has 42 heavy (non-hydrogen) atoms. The Morgan fingerprint density at radius 3 is 1.71 bits per heavy atom. The van der Waals surface area contributed by atoms with Gasteiger partial charge in [-0.05, 0) is 97.7 Å². The maximum absolute atomic E-state index is 2.40. The summed E-state index contributed by atoms with van der Waals surface area (Å²) in [6.45, 7) is 0. The number of para-hydroxylation sites is 1. The highest BCUT2D eigenvalue weighted by Crippen LogP contribution is 2.43. The van der Waals surface area contributed by atoms with E-state index in [1.807, 2.05) is 11.3 Å². The third-order valence-corrected chi connectivity index (χ3v) is 9.70. The van der Waals surface area contributed by atoms with Crippen LogP contribution in [0.25, 0.3) is 63.3 Å². The van der Waals surface area contributed by atoms with E-state index in [1.54, 1.807) is 0 Å². The van der Waals surface area contributed by atoms with Crippen molar-refractivity contribution in [3.8, 4) is 0 Å². The molecule has 0 saturated carbocycles. The van der Waals surface area contributed by atoms with Gasteiger partial charge < -0.3 is 4.90 Å². The molecular weight excluding hydrogens is 527 g/mol. The SMILES string of the molecule is c1ccc(N(c2ccc3sc4cc5ccccc5cc4c3c2)c2ccc3ccc4ccc5ccccc5c4c3c2)cc1. The molecule has 0 aliphatic heterocycles. The first-order valence-corrected chi connectivity index (χ1v) is 15.2. The first-order valence-electron chi connectivity index (χ1n) is 14.3. The van der Waals surface area contributed by atoms with Crippen LogP contribution in [0.2, 0.25) is 0 Å². The maximum Gasteiger partial charge on any atom is 0.0468 e. The van der Waals surface area contributed by atoms with Gasteiger partial charge in [-0.3, -0.25) is 0 Å². The normalized spacial score (nSPS) is 11.8. The maximum atomic E-state index is 2.40. The van der Waals surface area contributed by atoms with Crippen LogP contribution >= 0.6 is 11.3 Å². The van der Waals surface area contributed by atoms with Crippen molar-refractivity contribution in [2.45, 2.75) is 0 Å². The third kappa shape index (κ3) is 3.62. The van der Waals surface area contributed by atoms with Gasteiger partial charge in [0.1, 0.15) is 0 Å². The van der Waals surface area contributed by atoms with Crippen molar-refractivity contribution in [2.24, 2.45) is 0 Å². The quantitative estimate of drug-likeness (QED) is 0.197. The topological polar surface area (TPSA) is 3.24 Å². The fraction of sp³-hybridized carbons (Fsp3) is 0. The van der Waals surface area contributed by atoms with Gasteiger partial charge in [-0.15, -0.1) is 11.3 Å². The van der Waals surface area contributed by atoms with Crippen LogP contribution in [0.3, 0.4) is 0 Å². The summed E-state index contributed by atoms with van der Waals surface area (Å²) in [5.41, 5.74) is 3.45. The average Bonchev–Trinajstić information content (AvgIpc) is 3.40. The fourth-order valence-electron chi connectivity index (χ4n) is 6.57. The Balaban J connectivity index is 1.31. The predicted molar refractivity (Wildman–Crippen MR) is 184 cm³/mol. The zero-order valence-corrected chi connectivity index (χ0v) is 23.6. The molecule has 0 aliphatic rings. The Bertz CT molecular complexity index is 2470. The van der Waals surface area contributed by atoms with E-state index in [2.05, 4.69) is 157 Å². The van der Waals surface area contributed by atoms with Gasteiger partial charge in [0.15, 0.2) is 0 Å². The summed E-state index contributed by atoms with van der Waals surface area (Å²) in [7, 11) is 0. The van der Waals surface area contributed by atoms with Crippen LogP contribution < -0.4 is 4.90 Å². The van der Waals surface area contributed by atoms with Crippen molar-refractivity contribution in [2.75, 3.05) is 4.90 Å². The molecule has 1 nitrogen and oxygen atoms in total. The molecule has 0 N–H and O–H groups in total. The largest absolute Gasteiger partial charge is 0.310 e. The molecule has 196 valence electrons. The van der Waals surface area contributed by atoms with E-state index in [-0.39, 0.29) is 0 Å². The average molecular weight is 552 g/mol. The Morgan fingerprint density at radius 1 is 0.333 bits per heavy atom. The third-order valence-electron chi connectivity index (χ3n) is 8.56. The molecule has 8 aromatic carbocycles. The minimum Gasteiger partial charge on any atom is -0.310 e. The standard InChI is InChI=1S/C40H25NS/c1-2-11-31(12-3-1)41(33-20-21-38-37(25-33)36-22-29-9-4-5-10-30(29)23-39(36)42-38)32-19-18-27-15-17-28-16-14-26-8-6-7-13-34(26)40(28)35(27)24-32/h1-25H. The highest BCUT2D eigenvalue weighted by atomic mass is 32.1. The molecule has 0 bridgehead atoms. The van der Waals surface area contributed by atoms with Crippen LogP contribution in [-0.4, -0.2) is 0 Å². The number of hydrogen-bond donors (Lipinski definition) is 0. The van der Waals surface area contributed by atoms with Crippen molar-refractivity contribution < 1.29 is 0 Å². The minimum atomic E-state index is 1.14. The zero-order chi connectivity index (χ0) is 27.6. The van der Waals surface area contributed by atoms with E-state index >= 15 is 0 Å². The molecule has 0 unspecified atom stereocenters. The number of anilines is 3. The van der Waals surface area contributed by atoms with Gasteiger partial charge in [0.2, 0.25) is 0 Å². The Kier molecular flexibility index (Phi) is 5.13. The molecule has 0 fully saturated rings. The lowest BCUT2D eigenvalue weighted by Crippen LogP contribution is -2.09. The number of rotatable bonds is 3. The highest BCUT2D eigenvalue weighted by molar-refractivity contribution is 7.25. The second-order valence-corrected chi connectivity index (χ2v) is 12.1. The van der Waals surface area contributed by atoms with Crippen LogP contribution in [-0.2, 0) is 0 Å². The predicted octanol–water partition coefficient (Wildman–Crippen LogP) is 12.1. The minimum absolute atomic E-state index is 1.14. The Hall–Kier alpha value is -5.18. The van der Waals surface area contributed by atoms with Crippen molar-refractivity contribution in [3.05, 3.63) is 152 Å². The second-order valence-electron chi connectivity index (χ2n) is 11.0. The number of hydrogen-bond acceptors (Lipinski definition) is 2. The van der Waals surface area contributed by atoms with E-state index in [9.17, 15) is 0 Å². The van der Waals surface area contributed by atoms with Crippen LogP contribution in [0.15, 0.2) is 152 Å². The fourth-order valence-corrected chi connectivity index (χ4v) is 7.68. The summed E-state index contributed by atoms with van der Waals surface area (Å²) < 4.78 is 2.64. The number of benzene rings is 8. The van der Waals surface area contributed by atoms with Crippen LogP contribution in [0.4, 0.5) is 17.1 Å². The van der Waals surface area contributed by atoms with E-state index in [0.717, 1.165) is 17.1 Å². The molecule has 0 atom stereocenters. The Morgan fingerprint density at radius 2 is 0.905 bits per heavy atom.